The maximum atomic E-state index is 11.9. The summed E-state index contributed by atoms with van der Waals surface area (Å²) in [7, 11) is 1.69. The third-order valence-corrected chi connectivity index (χ3v) is 4.40. The number of piperazine rings is 1. The van der Waals surface area contributed by atoms with Crippen LogP contribution in [0, 0.1) is 0 Å². The maximum Gasteiger partial charge on any atom is 0.238 e. The van der Waals surface area contributed by atoms with Gasteiger partial charge in [-0.25, -0.2) is 4.98 Å². The van der Waals surface area contributed by atoms with E-state index in [-0.39, 0.29) is 17.4 Å². The van der Waals surface area contributed by atoms with Crippen LogP contribution in [0.4, 0.5) is 0 Å². The first-order valence-electron chi connectivity index (χ1n) is 7.03. The van der Waals surface area contributed by atoms with Gasteiger partial charge in [0.15, 0.2) is 0 Å². The molecule has 1 amide bonds. The van der Waals surface area contributed by atoms with E-state index in [1.165, 1.54) is 0 Å². The van der Waals surface area contributed by atoms with Gasteiger partial charge in [-0.05, 0) is 0 Å². The normalized spacial score (nSPS) is 20.9. The Morgan fingerprint density at radius 2 is 2.35 bits per heavy atom. The van der Waals surface area contributed by atoms with Crippen molar-refractivity contribution in [3.8, 4) is 0 Å². The van der Waals surface area contributed by atoms with Gasteiger partial charge in [0.05, 0.1) is 12.2 Å². The van der Waals surface area contributed by atoms with E-state index < -0.39 is 0 Å². The fraction of sp³-hybridized carbons (Fsp3) is 0.714. The summed E-state index contributed by atoms with van der Waals surface area (Å²) in [5.41, 5.74) is 1.21. The van der Waals surface area contributed by atoms with Gasteiger partial charge >= 0.3 is 0 Å². The Balaban J connectivity index is 2.07. The quantitative estimate of drug-likeness (QED) is 0.872. The van der Waals surface area contributed by atoms with Crippen molar-refractivity contribution < 1.29 is 4.79 Å². The first-order valence-corrected chi connectivity index (χ1v) is 7.91. The Bertz CT molecular complexity index is 466. The smallest absolute Gasteiger partial charge is 0.238 e. The summed E-state index contributed by atoms with van der Waals surface area (Å²) in [6, 6.07) is -0.101. The molecule has 2 N–H and O–H groups in total. The molecule has 0 saturated carbocycles. The Hall–Kier alpha value is -0.980. The van der Waals surface area contributed by atoms with Crippen molar-refractivity contribution in [2.45, 2.75) is 38.8 Å². The molecule has 0 spiro atoms. The Morgan fingerprint density at radius 3 is 2.95 bits per heavy atom. The monoisotopic (exact) mass is 296 g/mol. The molecule has 0 aliphatic carbocycles. The molecule has 0 radical (unpaired) electrons. The van der Waals surface area contributed by atoms with E-state index in [1.807, 2.05) is 0 Å². The lowest BCUT2D eigenvalue weighted by molar-refractivity contribution is -0.126. The van der Waals surface area contributed by atoms with Crippen molar-refractivity contribution in [2.24, 2.45) is 0 Å². The van der Waals surface area contributed by atoms with Gasteiger partial charge in [0, 0.05) is 37.5 Å². The summed E-state index contributed by atoms with van der Waals surface area (Å²) in [4.78, 5) is 18.9. The summed E-state index contributed by atoms with van der Waals surface area (Å²) in [6.07, 6.45) is 0. The highest BCUT2D eigenvalue weighted by Crippen LogP contribution is 2.25. The van der Waals surface area contributed by atoms with Crippen molar-refractivity contribution in [3.63, 3.8) is 0 Å². The second-order valence-electron chi connectivity index (χ2n) is 6.18. The van der Waals surface area contributed by atoms with Crippen LogP contribution in [-0.2, 0) is 16.8 Å². The van der Waals surface area contributed by atoms with E-state index in [2.05, 4.69) is 41.7 Å². The van der Waals surface area contributed by atoms with E-state index >= 15 is 0 Å². The van der Waals surface area contributed by atoms with Crippen LogP contribution in [-0.4, -0.2) is 48.5 Å². The molecule has 1 unspecified atom stereocenters. The number of amides is 1. The van der Waals surface area contributed by atoms with Crippen LogP contribution in [0.1, 0.15) is 31.5 Å². The number of hydrogen-bond acceptors (Lipinski definition) is 5. The van der Waals surface area contributed by atoms with Crippen molar-refractivity contribution in [3.05, 3.63) is 16.1 Å². The standard InChI is InChI=1S/C14H24N4OS/c1-14(2,3)11-9-20-12(17-11)8-18-6-5-16-7-10(18)13(19)15-4/h9-10,16H,5-8H2,1-4H3,(H,15,19). The average Bonchev–Trinajstić information content (AvgIpc) is 2.87. The summed E-state index contributed by atoms with van der Waals surface area (Å²) >= 11 is 1.69. The minimum absolute atomic E-state index is 0.0739. The van der Waals surface area contributed by atoms with Crippen LogP contribution >= 0.6 is 11.3 Å². The molecule has 1 saturated heterocycles. The Morgan fingerprint density at radius 1 is 1.60 bits per heavy atom. The fourth-order valence-corrected chi connectivity index (χ4v) is 3.31. The van der Waals surface area contributed by atoms with Crippen LogP contribution in [0.2, 0.25) is 0 Å². The molecule has 112 valence electrons. The molecule has 1 aliphatic heterocycles. The molecule has 6 heteroatoms. The third-order valence-electron chi connectivity index (χ3n) is 3.56. The van der Waals surface area contributed by atoms with Gasteiger partial charge in [-0.3, -0.25) is 9.69 Å². The van der Waals surface area contributed by atoms with Gasteiger partial charge < -0.3 is 10.6 Å². The van der Waals surface area contributed by atoms with Gasteiger partial charge in [-0.1, -0.05) is 20.8 Å². The van der Waals surface area contributed by atoms with Crippen LogP contribution < -0.4 is 10.6 Å². The summed E-state index contributed by atoms with van der Waals surface area (Å²) in [5, 5.41) is 9.24. The van der Waals surface area contributed by atoms with Gasteiger partial charge in [0.1, 0.15) is 11.0 Å². The first-order chi connectivity index (χ1) is 9.41. The van der Waals surface area contributed by atoms with Crippen molar-refractivity contribution in [1.82, 2.24) is 20.5 Å². The van der Waals surface area contributed by atoms with Crippen LogP contribution in [0.5, 0.6) is 0 Å². The number of nitrogens with zero attached hydrogens (tertiary/aromatic N) is 2. The van der Waals surface area contributed by atoms with Gasteiger partial charge in [-0.2, -0.15) is 0 Å². The lowest BCUT2D eigenvalue weighted by Crippen LogP contribution is -2.56. The minimum atomic E-state index is -0.101. The number of rotatable bonds is 3. The van der Waals surface area contributed by atoms with Crippen molar-refractivity contribution in [2.75, 3.05) is 26.7 Å². The second-order valence-corrected chi connectivity index (χ2v) is 7.12. The average molecular weight is 296 g/mol. The zero-order chi connectivity index (χ0) is 14.8. The van der Waals surface area contributed by atoms with Crippen LogP contribution in [0.15, 0.2) is 5.38 Å². The number of likely N-dealkylation sites (N-methyl/N-ethyl adjacent to an activating group) is 1. The fourth-order valence-electron chi connectivity index (χ4n) is 2.26. The van der Waals surface area contributed by atoms with E-state index in [9.17, 15) is 4.79 Å². The SMILES string of the molecule is CNC(=O)C1CNCCN1Cc1nc(C(C)(C)C)cs1. The summed E-state index contributed by atoms with van der Waals surface area (Å²) in [6.45, 7) is 9.77. The zero-order valence-electron chi connectivity index (χ0n) is 12.7. The molecule has 2 rings (SSSR count). The van der Waals surface area contributed by atoms with Gasteiger partial charge in [0.25, 0.3) is 0 Å². The predicted octanol–water partition coefficient (Wildman–Crippen LogP) is 0.960. The minimum Gasteiger partial charge on any atom is -0.358 e. The van der Waals surface area contributed by atoms with Crippen LogP contribution in [0.25, 0.3) is 0 Å². The molecule has 0 bridgehead atoms. The zero-order valence-corrected chi connectivity index (χ0v) is 13.5. The molecule has 20 heavy (non-hydrogen) atoms. The summed E-state index contributed by atoms with van der Waals surface area (Å²) in [5.74, 6) is 0.0739. The number of aromatic nitrogens is 1. The van der Waals surface area contributed by atoms with E-state index in [0.29, 0.717) is 6.54 Å². The number of carbonyl (C=O) groups excluding carboxylic acids is 1. The number of hydrogen-bond donors (Lipinski definition) is 2. The molecule has 1 aromatic rings. The molecule has 1 atom stereocenters. The predicted molar refractivity (Wildman–Crippen MR) is 81.9 cm³/mol. The number of nitrogens with one attached hydrogen (secondary N) is 2. The highest BCUT2D eigenvalue weighted by atomic mass is 32.1. The molecular weight excluding hydrogens is 272 g/mol. The van der Waals surface area contributed by atoms with Gasteiger partial charge in [-0.15, -0.1) is 11.3 Å². The maximum absolute atomic E-state index is 11.9. The van der Waals surface area contributed by atoms with E-state index in [1.54, 1.807) is 18.4 Å². The van der Waals surface area contributed by atoms with Crippen LogP contribution in [0.3, 0.4) is 0 Å². The van der Waals surface area contributed by atoms with E-state index in [0.717, 1.165) is 30.3 Å². The van der Waals surface area contributed by atoms with E-state index in [4.69, 9.17) is 4.98 Å². The Labute approximate surface area is 124 Å². The van der Waals surface area contributed by atoms with Crippen molar-refractivity contribution >= 4 is 17.2 Å². The third kappa shape index (κ3) is 3.56. The van der Waals surface area contributed by atoms with Crippen molar-refractivity contribution in [1.29, 1.82) is 0 Å². The molecule has 1 fully saturated rings. The number of carbonyl (C=O) groups is 1. The highest BCUT2D eigenvalue weighted by molar-refractivity contribution is 7.09. The highest BCUT2D eigenvalue weighted by Gasteiger charge is 2.28. The number of thiazole rings is 1. The molecule has 1 aliphatic rings. The largest absolute Gasteiger partial charge is 0.358 e. The topological polar surface area (TPSA) is 57.3 Å². The first kappa shape index (κ1) is 15.4. The molecule has 5 nitrogen and oxygen atoms in total. The summed E-state index contributed by atoms with van der Waals surface area (Å²) < 4.78 is 0. The molecular formula is C14H24N4OS. The Kier molecular flexibility index (Phi) is 4.78. The lowest BCUT2D eigenvalue weighted by Gasteiger charge is -2.34. The second kappa shape index (κ2) is 6.20. The molecule has 2 heterocycles. The lowest BCUT2D eigenvalue weighted by atomic mass is 9.93. The molecule has 1 aromatic heterocycles. The van der Waals surface area contributed by atoms with Gasteiger partial charge in [0.2, 0.25) is 5.91 Å². The molecule has 0 aromatic carbocycles.